The highest BCUT2D eigenvalue weighted by atomic mass is 16.5. The summed E-state index contributed by atoms with van der Waals surface area (Å²) in [4.78, 5) is 19.2. The average Bonchev–Trinajstić information content (AvgIpc) is 3.30. The molecule has 0 saturated heterocycles. The van der Waals surface area contributed by atoms with Crippen molar-refractivity contribution in [2.24, 2.45) is 0 Å². The van der Waals surface area contributed by atoms with E-state index in [1.807, 2.05) is 35.2 Å². The molecule has 0 radical (unpaired) electrons. The van der Waals surface area contributed by atoms with Gasteiger partial charge in [0, 0.05) is 30.1 Å². The van der Waals surface area contributed by atoms with E-state index in [9.17, 15) is 4.79 Å². The summed E-state index contributed by atoms with van der Waals surface area (Å²) in [5.74, 6) is 1.64. The summed E-state index contributed by atoms with van der Waals surface area (Å²) >= 11 is 0. The fourth-order valence-corrected chi connectivity index (χ4v) is 3.77. The van der Waals surface area contributed by atoms with E-state index in [0.717, 1.165) is 17.7 Å². The van der Waals surface area contributed by atoms with Crippen LogP contribution in [0.5, 0.6) is 0 Å². The molecule has 1 aliphatic heterocycles. The van der Waals surface area contributed by atoms with E-state index in [-0.39, 0.29) is 11.9 Å². The van der Waals surface area contributed by atoms with E-state index < -0.39 is 0 Å². The van der Waals surface area contributed by atoms with Crippen LogP contribution in [0.25, 0.3) is 11.4 Å². The Labute approximate surface area is 165 Å². The van der Waals surface area contributed by atoms with E-state index in [2.05, 4.69) is 49.1 Å². The Bertz CT molecular complexity index is 976. The second-order valence-electron chi connectivity index (χ2n) is 7.73. The maximum absolute atomic E-state index is 12.8. The van der Waals surface area contributed by atoms with Crippen LogP contribution in [0.1, 0.15) is 50.1 Å². The van der Waals surface area contributed by atoms with Crippen molar-refractivity contribution in [2.45, 2.75) is 52.0 Å². The summed E-state index contributed by atoms with van der Waals surface area (Å²) in [5.41, 5.74) is 4.45. The molecular formula is C23H25N3O2. The van der Waals surface area contributed by atoms with Gasteiger partial charge in [-0.25, -0.2) is 0 Å². The van der Waals surface area contributed by atoms with Crippen molar-refractivity contribution in [1.82, 2.24) is 10.1 Å². The number of hydrogen-bond donors (Lipinski definition) is 0. The monoisotopic (exact) mass is 375 g/mol. The fraction of sp³-hybridized carbons (Fsp3) is 0.348. The summed E-state index contributed by atoms with van der Waals surface area (Å²) in [6.07, 6.45) is 1.70. The quantitative estimate of drug-likeness (QED) is 0.644. The molecule has 0 bridgehead atoms. The highest BCUT2D eigenvalue weighted by molar-refractivity contribution is 5.96. The minimum atomic E-state index is 0.0958. The molecule has 0 aliphatic carbocycles. The molecule has 0 saturated carbocycles. The molecular weight excluding hydrogens is 350 g/mol. The lowest BCUT2D eigenvalue weighted by Crippen LogP contribution is -2.35. The Hall–Kier alpha value is -2.95. The third-order valence-electron chi connectivity index (χ3n) is 5.33. The average molecular weight is 375 g/mol. The van der Waals surface area contributed by atoms with Crippen LogP contribution < -0.4 is 4.90 Å². The predicted molar refractivity (Wildman–Crippen MR) is 109 cm³/mol. The van der Waals surface area contributed by atoms with Crippen molar-refractivity contribution in [1.29, 1.82) is 0 Å². The van der Waals surface area contributed by atoms with Crippen LogP contribution in [0.4, 0.5) is 5.69 Å². The van der Waals surface area contributed by atoms with Crippen LogP contribution in [0, 0.1) is 0 Å². The zero-order chi connectivity index (χ0) is 19.7. The number of nitrogens with zero attached hydrogens (tertiary/aromatic N) is 3. The second kappa shape index (κ2) is 7.58. The van der Waals surface area contributed by atoms with Gasteiger partial charge in [0.15, 0.2) is 0 Å². The molecule has 1 aromatic heterocycles. The number of fused-ring (bicyclic) bond motifs is 1. The first kappa shape index (κ1) is 18.4. The molecule has 1 atom stereocenters. The van der Waals surface area contributed by atoms with Gasteiger partial charge in [-0.2, -0.15) is 4.98 Å². The van der Waals surface area contributed by atoms with Crippen molar-refractivity contribution < 1.29 is 9.32 Å². The van der Waals surface area contributed by atoms with Gasteiger partial charge >= 0.3 is 0 Å². The lowest BCUT2D eigenvalue weighted by Gasteiger charge is -2.22. The van der Waals surface area contributed by atoms with Gasteiger partial charge < -0.3 is 9.42 Å². The van der Waals surface area contributed by atoms with Crippen molar-refractivity contribution in [3.63, 3.8) is 0 Å². The molecule has 5 nitrogen and oxygen atoms in total. The molecule has 5 heteroatoms. The Morgan fingerprint density at radius 3 is 2.68 bits per heavy atom. The topological polar surface area (TPSA) is 59.2 Å². The molecule has 2 heterocycles. The minimum absolute atomic E-state index is 0.0958. The SMILES string of the molecule is CC(C)c1ccc(-c2noc(CCC(=O)N3c4ccccc4C[C@H]3C)n2)cc1. The van der Waals surface area contributed by atoms with Crippen molar-refractivity contribution >= 4 is 11.6 Å². The molecule has 28 heavy (non-hydrogen) atoms. The van der Waals surface area contributed by atoms with Gasteiger partial charge in [-0.3, -0.25) is 4.79 Å². The summed E-state index contributed by atoms with van der Waals surface area (Å²) in [6, 6.07) is 16.5. The van der Waals surface area contributed by atoms with Crippen LogP contribution in [0.15, 0.2) is 53.1 Å². The summed E-state index contributed by atoms with van der Waals surface area (Å²) in [6.45, 7) is 6.42. The van der Waals surface area contributed by atoms with Crippen LogP contribution in [0.3, 0.4) is 0 Å². The first-order valence-corrected chi connectivity index (χ1v) is 9.86. The Kier molecular flexibility index (Phi) is 4.99. The maximum Gasteiger partial charge on any atom is 0.227 e. The Morgan fingerprint density at radius 2 is 1.93 bits per heavy atom. The van der Waals surface area contributed by atoms with E-state index in [1.165, 1.54) is 11.1 Å². The standard InChI is InChI=1S/C23H25N3O2/c1-15(2)17-8-10-18(11-9-17)23-24-21(28-25-23)12-13-22(27)26-16(3)14-19-6-4-5-7-20(19)26/h4-11,15-16H,12-14H2,1-3H3/t16-/m1/s1. The number of carbonyl (C=O) groups is 1. The molecule has 3 aromatic rings. The van der Waals surface area contributed by atoms with Crippen LogP contribution in [0.2, 0.25) is 0 Å². The van der Waals surface area contributed by atoms with Gasteiger partial charge in [-0.1, -0.05) is 61.5 Å². The van der Waals surface area contributed by atoms with E-state index >= 15 is 0 Å². The number of aryl methyl sites for hydroxylation is 1. The summed E-state index contributed by atoms with van der Waals surface area (Å²) in [7, 11) is 0. The second-order valence-corrected chi connectivity index (χ2v) is 7.73. The van der Waals surface area contributed by atoms with Crippen LogP contribution in [-0.4, -0.2) is 22.1 Å². The van der Waals surface area contributed by atoms with Gasteiger partial charge in [0.2, 0.25) is 17.6 Å². The molecule has 2 aromatic carbocycles. The molecule has 0 unspecified atom stereocenters. The van der Waals surface area contributed by atoms with Gasteiger partial charge in [-0.15, -0.1) is 0 Å². The highest BCUT2D eigenvalue weighted by Crippen LogP contribution is 2.32. The van der Waals surface area contributed by atoms with Gasteiger partial charge in [0.25, 0.3) is 0 Å². The third kappa shape index (κ3) is 3.57. The number of benzene rings is 2. The summed E-state index contributed by atoms with van der Waals surface area (Å²) in [5, 5.41) is 4.08. The number of para-hydroxylation sites is 1. The van der Waals surface area contributed by atoms with Gasteiger partial charge in [-0.05, 0) is 36.5 Å². The van der Waals surface area contributed by atoms with E-state index in [0.29, 0.717) is 30.5 Å². The third-order valence-corrected chi connectivity index (χ3v) is 5.33. The normalized spacial score (nSPS) is 15.9. The Morgan fingerprint density at radius 1 is 1.18 bits per heavy atom. The Balaban J connectivity index is 1.41. The molecule has 0 fully saturated rings. The molecule has 4 rings (SSSR count). The van der Waals surface area contributed by atoms with E-state index in [1.54, 1.807) is 0 Å². The van der Waals surface area contributed by atoms with Crippen LogP contribution >= 0.6 is 0 Å². The predicted octanol–water partition coefficient (Wildman–Crippen LogP) is 4.77. The molecule has 0 spiro atoms. The number of anilines is 1. The number of carbonyl (C=O) groups excluding carboxylic acids is 1. The minimum Gasteiger partial charge on any atom is -0.339 e. The zero-order valence-corrected chi connectivity index (χ0v) is 16.6. The number of aromatic nitrogens is 2. The van der Waals surface area contributed by atoms with Crippen molar-refractivity contribution in [3.8, 4) is 11.4 Å². The molecule has 1 aliphatic rings. The largest absolute Gasteiger partial charge is 0.339 e. The highest BCUT2D eigenvalue weighted by Gasteiger charge is 2.30. The number of hydrogen-bond acceptors (Lipinski definition) is 4. The smallest absolute Gasteiger partial charge is 0.227 e. The molecule has 144 valence electrons. The number of rotatable bonds is 5. The lowest BCUT2D eigenvalue weighted by molar-refractivity contribution is -0.118. The molecule has 0 N–H and O–H groups in total. The zero-order valence-electron chi connectivity index (χ0n) is 16.6. The van der Waals surface area contributed by atoms with Crippen molar-refractivity contribution in [3.05, 3.63) is 65.5 Å². The van der Waals surface area contributed by atoms with Crippen molar-refractivity contribution in [2.75, 3.05) is 4.90 Å². The van der Waals surface area contributed by atoms with E-state index in [4.69, 9.17) is 4.52 Å². The first-order chi connectivity index (χ1) is 13.5. The molecule has 1 amide bonds. The maximum atomic E-state index is 12.8. The first-order valence-electron chi connectivity index (χ1n) is 9.86. The summed E-state index contributed by atoms with van der Waals surface area (Å²) < 4.78 is 5.37. The van der Waals surface area contributed by atoms with Gasteiger partial charge in [0.1, 0.15) is 0 Å². The van der Waals surface area contributed by atoms with Crippen LogP contribution in [-0.2, 0) is 17.6 Å². The lowest BCUT2D eigenvalue weighted by atomic mass is 10.0. The van der Waals surface area contributed by atoms with Gasteiger partial charge in [0.05, 0.1) is 0 Å². The fourth-order valence-electron chi connectivity index (χ4n) is 3.77. The number of amides is 1.